The Kier molecular flexibility index (Phi) is 5.65. The van der Waals surface area contributed by atoms with Gasteiger partial charge in [0.15, 0.2) is 0 Å². The Balaban J connectivity index is 1.63. The summed E-state index contributed by atoms with van der Waals surface area (Å²) in [6.07, 6.45) is 10.4. The van der Waals surface area contributed by atoms with E-state index in [1.54, 1.807) is 0 Å². The number of fused-ring (bicyclic) bond motifs is 1. The fourth-order valence-corrected chi connectivity index (χ4v) is 3.70. The van der Waals surface area contributed by atoms with Crippen LogP contribution in [0.3, 0.4) is 0 Å². The van der Waals surface area contributed by atoms with E-state index in [1.807, 2.05) is 0 Å². The summed E-state index contributed by atoms with van der Waals surface area (Å²) < 4.78 is 3.33. The number of aryl methyl sites for hydroxylation is 2. The van der Waals surface area contributed by atoms with E-state index in [-0.39, 0.29) is 0 Å². The van der Waals surface area contributed by atoms with Gasteiger partial charge < -0.3 is 4.79 Å². The van der Waals surface area contributed by atoms with Crippen LogP contribution in [0, 0.1) is 0 Å². The summed E-state index contributed by atoms with van der Waals surface area (Å²) in [7, 11) is 0. The molecule has 1 aromatic heterocycles. The number of carbonyl (C=O) groups is 1. The molecule has 23 heavy (non-hydrogen) atoms. The topological polar surface area (TPSA) is 34.9 Å². The van der Waals surface area contributed by atoms with Gasteiger partial charge in [0, 0.05) is 23.1 Å². The van der Waals surface area contributed by atoms with Gasteiger partial charge in [-0.25, -0.2) is 0 Å². The molecule has 0 saturated carbocycles. The molecule has 1 aromatic carbocycles. The van der Waals surface area contributed by atoms with Crippen molar-refractivity contribution in [3.63, 3.8) is 0 Å². The molecule has 0 N–H and O–H groups in total. The second-order valence-electron chi connectivity index (χ2n) is 6.35. The van der Waals surface area contributed by atoms with E-state index in [1.165, 1.54) is 23.2 Å². The third-order valence-electron chi connectivity index (χ3n) is 4.77. The van der Waals surface area contributed by atoms with Crippen LogP contribution in [0.15, 0.2) is 34.9 Å². The van der Waals surface area contributed by atoms with Crippen LogP contribution in [0.5, 0.6) is 0 Å². The third kappa shape index (κ3) is 4.11. The molecule has 3 rings (SSSR count). The lowest BCUT2D eigenvalue weighted by Crippen LogP contribution is -2.16. The number of aromatic nitrogens is 2. The van der Waals surface area contributed by atoms with E-state index >= 15 is 0 Å². The number of rotatable bonds is 7. The van der Waals surface area contributed by atoms with Crippen molar-refractivity contribution in [1.29, 1.82) is 0 Å². The second kappa shape index (κ2) is 7.91. The van der Waals surface area contributed by atoms with Crippen molar-refractivity contribution in [3.05, 3.63) is 51.8 Å². The Hall–Kier alpha value is -1.42. The number of halogens is 1. The van der Waals surface area contributed by atoms with Gasteiger partial charge in [0.2, 0.25) is 0 Å². The standard InChI is InChI=1S/C19H23BrN2O/c20-18-9-7-15(8-10-18)16-5-6-17-14-21-22(19(17)13-16)11-3-1-2-4-12-23/h7-10,12,14,16H,1-6,11,13H2. The fraction of sp³-hybridized carbons (Fsp3) is 0.474. The van der Waals surface area contributed by atoms with Crippen LogP contribution in [0.1, 0.15) is 54.8 Å². The number of benzene rings is 1. The number of nitrogens with zero attached hydrogens (tertiary/aromatic N) is 2. The Morgan fingerprint density at radius 2 is 2.04 bits per heavy atom. The van der Waals surface area contributed by atoms with Gasteiger partial charge in [-0.3, -0.25) is 4.68 Å². The van der Waals surface area contributed by atoms with Crippen molar-refractivity contribution in [1.82, 2.24) is 9.78 Å². The minimum atomic E-state index is 0.598. The molecular formula is C19H23BrN2O. The van der Waals surface area contributed by atoms with Crippen LogP contribution < -0.4 is 0 Å². The van der Waals surface area contributed by atoms with Crippen LogP contribution in [-0.2, 0) is 24.2 Å². The van der Waals surface area contributed by atoms with Crippen molar-refractivity contribution in [2.45, 2.75) is 57.4 Å². The normalized spacial score (nSPS) is 17.0. The molecule has 0 fully saturated rings. The Bertz CT molecular complexity index is 648. The van der Waals surface area contributed by atoms with Gasteiger partial charge >= 0.3 is 0 Å². The first-order chi connectivity index (χ1) is 11.3. The van der Waals surface area contributed by atoms with E-state index < -0.39 is 0 Å². The highest BCUT2D eigenvalue weighted by Crippen LogP contribution is 2.33. The molecule has 2 aromatic rings. The Labute approximate surface area is 146 Å². The summed E-state index contributed by atoms with van der Waals surface area (Å²) in [6.45, 7) is 0.973. The zero-order valence-electron chi connectivity index (χ0n) is 13.4. The number of carbonyl (C=O) groups excluding carboxylic acids is 1. The number of unbranched alkanes of at least 4 members (excludes halogenated alkanes) is 3. The summed E-state index contributed by atoms with van der Waals surface area (Å²) in [5, 5.41) is 4.60. The Morgan fingerprint density at radius 3 is 2.83 bits per heavy atom. The highest BCUT2D eigenvalue weighted by Gasteiger charge is 2.23. The predicted molar refractivity (Wildman–Crippen MR) is 95.7 cm³/mol. The number of aldehydes is 1. The minimum absolute atomic E-state index is 0.598. The molecule has 0 radical (unpaired) electrons. The lowest BCUT2D eigenvalue weighted by molar-refractivity contribution is -0.107. The van der Waals surface area contributed by atoms with E-state index in [0.29, 0.717) is 12.3 Å². The summed E-state index contributed by atoms with van der Waals surface area (Å²) in [4.78, 5) is 10.4. The maximum absolute atomic E-state index is 10.4. The van der Waals surface area contributed by atoms with Crippen molar-refractivity contribution in [2.75, 3.05) is 0 Å². The molecule has 1 heterocycles. The third-order valence-corrected chi connectivity index (χ3v) is 5.30. The van der Waals surface area contributed by atoms with Crippen LogP contribution >= 0.6 is 15.9 Å². The van der Waals surface area contributed by atoms with Gasteiger partial charge in [-0.05, 0) is 61.3 Å². The number of hydrogen-bond donors (Lipinski definition) is 0. The summed E-state index contributed by atoms with van der Waals surface area (Å²) in [5.41, 5.74) is 4.27. The quantitative estimate of drug-likeness (QED) is 0.520. The molecule has 0 aliphatic heterocycles. The van der Waals surface area contributed by atoms with Crippen molar-refractivity contribution < 1.29 is 4.79 Å². The molecule has 1 atom stereocenters. The first-order valence-corrected chi connectivity index (χ1v) is 9.30. The molecule has 1 aliphatic carbocycles. The van der Waals surface area contributed by atoms with Crippen LogP contribution in [-0.4, -0.2) is 16.1 Å². The maximum Gasteiger partial charge on any atom is 0.119 e. The molecule has 0 bridgehead atoms. The second-order valence-corrected chi connectivity index (χ2v) is 7.26. The van der Waals surface area contributed by atoms with Gasteiger partial charge in [0.05, 0.1) is 6.20 Å². The maximum atomic E-state index is 10.4. The fourth-order valence-electron chi connectivity index (χ4n) is 3.44. The first kappa shape index (κ1) is 16.4. The van der Waals surface area contributed by atoms with Crippen molar-refractivity contribution >= 4 is 22.2 Å². The number of hydrogen-bond acceptors (Lipinski definition) is 2. The predicted octanol–water partition coefficient (Wildman–Crippen LogP) is 4.68. The van der Waals surface area contributed by atoms with Gasteiger partial charge in [-0.1, -0.05) is 34.5 Å². The average Bonchev–Trinajstić information content (AvgIpc) is 2.98. The van der Waals surface area contributed by atoms with E-state index in [4.69, 9.17) is 0 Å². The smallest absolute Gasteiger partial charge is 0.119 e. The van der Waals surface area contributed by atoms with Gasteiger partial charge in [0.25, 0.3) is 0 Å². The Morgan fingerprint density at radius 1 is 1.22 bits per heavy atom. The molecule has 1 unspecified atom stereocenters. The van der Waals surface area contributed by atoms with Gasteiger partial charge in [-0.2, -0.15) is 5.10 Å². The van der Waals surface area contributed by atoms with Crippen molar-refractivity contribution in [3.8, 4) is 0 Å². The van der Waals surface area contributed by atoms with Gasteiger partial charge in [0.1, 0.15) is 6.29 Å². The van der Waals surface area contributed by atoms with Crippen molar-refractivity contribution in [2.24, 2.45) is 0 Å². The zero-order chi connectivity index (χ0) is 16.1. The van der Waals surface area contributed by atoms with E-state index in [2.05, 4.69) is 56.2 Å². The van der Waals surface area contributed by atoms with Gasteiger partial charge in [-0.15, -0.1) is 0 Å². The SMILES string of the molecule is O=CCCCCCn1ncc2c1CC(c1ccc(Br)cc1)CC2. The highest BCUT2D eigenvalue weighted by atomic mass is 79.9. The highest BCUT2D eigenvalue weighted by molar-refractivity contribution is 9.10. The van der Waals surface area contributed by atoms with Crippen LogP contribution in [0.2, 0.25) is 0 Å². The van der Waals surface area contributed by atoms with E-state index in [9.17, 15) is 4.79 Å². The molecule has 3 nitrogen and oxygen atoms in total. The molecule has 0 saturated heterocycles. The lowest BCUT2D eigenvalue weighted by Gasteiger charge is -2.24. The van der Waals surface area contributed by atoms with Crippen LogP contribution in [0.4, 0.5) is 0 Å². The zero-order valence-corrected chi connectivity index (χ0v) is 15.0. The molecule has 0 amide bonds. The first-order valence-electron chi connectivity index (χ1n) is 8.50. The molecule has 0 spiro atoms. The largest absolute Gasteiger partial charge is 0.303 e. The minimum Gasteiger partial charge on any atom is -0.303 e. The molecule has 1 aliphatic rings. The summed E-state index contributed by atoms with van der Waals surface area (Å²) in [5.74, 6) is 0.598. The monoisotopic (exact) mass is 374 g/mol. The lowest BCUT2D eigenvalue weighted by atomic mass is 9.83. The van der Waals surface area contributed by atoms with E-state index in [0.717, 1.165) is 49.4 Å². The summed E-state index contributed by atoms with van der Waals surface area (Å²) in [6, 6.07) is 8.74. The molecule has 4 heteroatoms. The average molecular weight is 375 g/mol. The molecule has 122 valence electrons. The molecular weight excluding hydrogens is 352 g/mol. The van der Waals surface area contributed by atoms with Crippen LogP contribution in [0.25, 0.3) is 0 Å². The summed E-state index contributed by atoms with van der Waals surface area (Å²) >= 11 is 3.51.